The predicted octanol–water partition coefficient (Wildman–Crippen LogP) is 3.66. The second-order valence-corrected chi connectivity index (χ2v) is 3.90. The molecule has 0 aliphatic carbocycles. The molecule has 1 heterocycles. The van der Waals surface area contributed by atoms with Crippen molar-refractivity contribution in [3.8, 4) is 22.8 Å². The number of hydrogen-bond acceptors (Lipinski definition) is 3. The van der Waals surface area contributed by atoms with Gasteiger partial charge < -0.3 is 9.84 Å². The zero-order chi connectivity index (χ0) is 14.0. The van der Waals surface area contributed by atoms with E-state index in [-0.39, 0.29) is 11.3 Å². The topological polar surface area (TPSA) is 42.4 Å². The Bertz CT molecular complexity index is 597. The third-order valence-electron chi connectivity index (χ3n) is 2.47. The summed E-state index contributed by atoms with van der Waals surface area (Å²) in [6.07, 6.45) is -3.27. The van der Waals surface area contributed by atoms with Crippen molar-refractivity contribution in [2.75, 3.05) is 0 Å². The fourth-order valence-electron chi connectivity index (χ4n) is 1.67. The minimum absolute atomic E-state index is 0.156. The maximum Gasteiger partial charge on any atom is 0.573 e. The molecular weight excluding hydrogens is 259 g/mol. The molecule has 0 amide bonds. The Morgan fingerprint density at radius 1 is 1.21 bits per heavy atom. The summed E-state index contributed by atoms with van der Waals surface area (Å²) in [5.41, 5.74) is 1.34. The molecule has 0 saturated heterocycles. The summed E-state index contributed by atoms with van der Waals surface area (Å²) in [4.78, 5) is 4.05. The molecule has 2 aromatic rings. The molecule has 0 saturated carbocycles. The number of aromatic nitrogens is 1. The lowest BCUT2D eigenvalue weighted by Gasteiger charge is -2.12. The average molecular weight is 269 g/mol. The number of phenols is 1. The predicted molar refractivity (Wildman–Crippen MR) is 62.8 cm³/mol. The Morgan fingerprint density at radius 2 is 1.95 bits per heavy atom. The number of ether oxygens (including phenoxy) is 1. The molecule has 6 heteroatoms. The SMILES string of the molecule is Cc1cccnc1-c1cc(OC(F)(F)F)ccc1O. The van der Waals surface area contributed by atoms with Gasteiger partial charge >= 0.3 is 6.36 Å². The van der Waals surface area contributed by atoms with Crippen LogP contribution >= 0.6 is 0 Å². The van der Waals surface area contributed by atoms with Gasteiger partial charge in [-0.2, -0.15) is 0 Å². The van der Waals surface area contributed by atoms with E-state index in [1.807, 2.05) is 0 Å². The number of benzene rings is 1. The summed E-state index contributed by atoms with van der Waals surface area (Å²) in [5.74, 6) is -0.554. The molecule has 0 radical (unpaired) electrons. The second-order valence-electron chi connectivity index (χ2n) is 3.90. The van der Waals surface area contributed by atoms with Gasteiger partial charge in [-0.05, 0) is 36.8 Å². The van der Waals surface area contributed by atoms with Gasteiger partial charge in [-0.1, -0.05) is 6.07 Å². The fraction of sp³-hybridized carbons (Fsp3) is 0.154. The van der Waals surface area contributed by atoms with Crippen molar-refractivity contribution in [2.24, 2.45) is 0 Å². The highest BCUT2D eigenvalue weighted by Gasteiger charge is 2.31. The Kier molecular flexibility index (Phi) is 3.33. The summed E-state index contributed by atoms with van der Waals surface area (Å²) >= 11 is 0. The highest BCUT2D eigenvalue weighted by molar-refractivity contribution is 5.70. The number of alkyl halides is 3. The van der Waals surface area contributed by atoms with Gasteiger partial charge in [0.1, 0.15) is 11.5 Å². The normalized spacial score (nSPS) is 11.4. The van der Waals surface area contributed by atoms with Crippen LogP contribution in [0.4, 0.5) is 13.2 Å². The molecule has 19 heavy (non-hydrogen) atoms. The van der Waals surface area contributed by atoms with E-state index in [0.29, 0.717) is 5.69 Å². The molecule has 0 aliphatic rings. The Morgan fingerprint density at radius 3 is 2.58 bits per heavy atom. The van der Waals surface area contributed by atoms with Crippen molar-refractivity contribution in [3.05, 3.63) is 42.1 Å². The molecule has 100 valence electrons. The number of rotatable bonds is 2. The molecule has 0 bridgehead atoms. The minimum atomic E-state index is -4.77. The van der Waals surface area contributed by atoms with E-state index in [1.54, 1.807) is 19.1 Å². The van der Waals surface area contributed by atoms with Crippen molar-refractivity contribution in [1.29, 1.82) is 0 Å². The summed E-state index contributed by atoms with van der Waals surface area (Å²) in [6, 6.07) is 6.75. The highest BCUT2D eigenvalue weighted by atomic mass is 19.4. The number of aromatic hydroxyl groups is 1. The van der Waals surface area contributed by atoms with Crippen LogP contribution in [0, 0.1) is 6.92 Å². The Balaban J connectivity index is 2.46. The van der Waals surface area contributed by atoms with Crippen LogP contribution in [0.3, 0.4) is 0 Å². The monoisotopic (exact) mass is 269 g/mol. The second kappa shape index (κ2) is 4.79. The molecule has 1 aromatic heterocycles. The third kappa shape index (κ3) is 3.15. The first-order chi connectivity index (χ1) is 8.87. The molecule has 1 N–H and O–H groups in total. The van der Waals surface area contributed by atoms with Crippen molar-refractivity contribution < 1.29 is 23.0 Å². The number of aryl methyl sites for hydroxylation is 1. The molecule has 0 aliphatic heterocycles. The van der Waals surface area contributed by atoms with Crippen LogP contribution < -0.4 is 4.74 Å². The molecular formula is C13H10F3NO2. The first-order valence-electron chi connectivity index (χ1n) is 5.37. The van der Waals surface area contributed by atoms with Gasteiger partial charge in [0.2, 0.25) is 0 Å². The van der Waals surface area contributed by atoms with E-state index in [9.17, 15) is 18.3 Å². The fourth-order valence-corrected chi connectivity index (χ4v) is 1.67. The molecule has 0 fully saturated rings. The smallest absolute Gasteiger partial charge is 0.507 e. The molecule has 0 atom stereocenters. The lowest BCUT2D eigenvalue weighted by Crippen LogP contribution is -2.17. The zero-order valence-corrected chi connectivity index (χ0v) is 9.90. The van der Waals surface area contributed by atoms with Gasteiger partial charge in [0, 0.05) is 11.8 Å². The minimum Gasteiger partial charge on any atom is -0.507 e. The van der Waals surface area contributed by atoms with Gasteiger partial charge in [0.25, 0.3) is 0 Å². The van der Waals surface area contributed by atoms with Crippen molar-refractivity contribution in [1.82, 2.24) is 4.98 Å². The van der Waals surface area contributed by atoms with E-state index >= 15 is 0 Å². The average Bonchev–Trinajstić information content (AvgIpc) is 2.31. The summed E-state index contributed by atoms with van der Waals surface area (Å²) < 4.78 is 40.3. The Labute approximate surface area is 107 Å². The van der Waals surface area contributed by atoms with Gasteiger partial charge in [0.05, 0.1) is 5.69 Å². The lowest BCUT2D eigenvalue weighted by atomic mass is 10.1. The van der Waals surface area contributed by atoms with E-state index in [1.165, 1.54) is 6.20 Å². The molecule has 3 nitrogen and oxygen atoms in total. The quantitative estimate of drug-likeness (QED) is 0.904. The van der Waals surface area contributed by atoms with Crippen LogP contribution in [-0.4, -0.2) is 16.5 Å². The first-order valence-corrected chi connectivity index (χ1v) is 5.37. The highest BCUT2D eigenvalue weighted by Crippen LogP contribution is 2.34. The zero-order valence-electron chi connectivity index (χ0n) is 9.90. The first kappa shape index (κ1) is 13.2. The standard InChI is InChI=1S/C13H10F3NO2/c1-8-3-2-6-17-12(8)10-7-9(4-5-11(10)18)19-13(14,15)16/h2-7,18H,1H3. The van der Waals surface area contributed by atoms with Crippen LogP contribution in [0.25, 0.3) is 11.3 Å². The number of pyridine rings is 1. The summed E-state index contributed by atoms with van der Waals surface area (Å²) in [6.45, 7) is 1.75. The van der Waals surface area contributed by atoms with Crippen molar-refractivity contribution >= 4 is 0 Å². The van der Waals surface area contributed by atoms with E-state index in [2.05, 4.69) is 9.72 Å². The van der Waals surface area contributed by atoms with Gasteiger partial charge in [-0.25, -0.2) is 0 Å². The maximum absolute atomic E-state index is 12.2. The maximum atomic E-state index is 12.2. The molecule has 1 aromatic carbocycles. The molecule has 2 rings (SSSR count). The van der Waals surface area contributed by atoms with Crippen molar-refractivity contribution in [3.63, 3.8) is 0 Å². The van der Waals surface area contributed by atoms with Crippen LogP contribution in [0.2, 0.25) is 0 Å². The van der Waals surface area contributed by atoms with Crippen LogP contribution in [0.5, 0.6) is 11.5 Å². The van der Waals surface area contributed by atoms with Crippen LogP contribution in [0.1, 0.15) is 5.56 Å². The third-order valence-corrected chi connectivity index (χ3v) is 2.47. The van der Waals surface area contributed by atoms with Crippen LogP contribution in [-0.2, 0) is 0 Å². The molecule has 0 unspecified atom stereocenters. The van der Waals surface area contributed by atoms with Gasteiger partial charge in [-0.3, -0.25) is 4.98 Å². The number of nitrogens with zero attached hydrogens (tertiary/aromatic N) is 1. The van der Waals surface area contributed by atoms with E-state index in [4.69, 9.17) is 0 Å². The number of phenolic OH excluding ortho intramolecular Hbond substituents is 1. The van der Waals surface area contributed by atoms with Crippen LogP contribution in [0.15, 0.2) is 36.5 Å². The lowest BCUT2D eigenvalue weighted by molar-refractivity contribution is -0.274. The summed E-state index contributed by atoms with van der Waals surface area (Å²) in [5, 5.41) is 9.73. The number of hydrogen-bond donors (Lipinski definition) is 1. The molecule has 0 spiro atoms. The summed E-state index contributed by atoms with van der Waals surface area (Å²) in [7, 11) is 0. The Hall–Kier alpha value is -2.24. The van der Waals surface area contributed by atoms with Gasteiger partial charge in [-0.15, -0.1) is 13.2 Å². The van der Waals surface area contributed by atoms with Gasteiger partial charge in [0.15, 0.2) is 0 Å². The van der Waals surface area contributed by atoms with Crippen molar-refractivity contribution in [2.45, 2.75) is 13.3 Å². The number of halogens is 3. The van der Waals surface area contributed by atoms with E-state index < -0.39 is 12.1 Å². The largest absolute Gasteiger partial charge is 0.573 e. The van der Waals surface area contributed by atoms with E-state index in [0.717, 1.165) is 23.8 Å².